The van der Waals surface area contributed by atoms with Crippen LogP contribution in [-0.2, 0) is 14.3 Å². The molecule has 2 atom stereocenters. The van der Waals surface area contributed by atoms with Gasteiger partial charge in [0.25, 0.3) is 0 Å². The maximum Gasteiger partial charge on any atom is 0.407 e. The Morgan fingerprint density at radius 3 is 2.11 bits per heavy atom. The first-order valence-electron chi connectivity index (χ1n) is 6.17. The van der Waals surface area contributed by atoms with E-state index in [1.165, 1.54) is 14.0 Å². The predicted molar refractivity (Wildman–Crippen MR) is 70.5 cm³/mol. The van der Waals surface area contributed by atoms with Gasteiger partial charge in [0, 0.05) is 19.5 Å². The highest BCUT2D eigenvalue weighted by molar-refractivity contribution is 5.86. The highest BCUT2D eigenvalue weighted by Crippen LogP contribution is 2.02. The van der Waals surface area contributed by atoms with Crippen LogP contribution >= 0.6 is 0 Å². The van der Waals surface area contributed by atoms with E-state index < -0.39 is 12.1 Å². The molecular formula is C12H23N3O4. The van der Waals surface area contributed by atoms with Gasteiger partial charge in [0.05, 0.1) is 7.11 Å². The molecule has 7 nitrogen and oxygen atoms in total. The van der Waals surface area contributed by atoms with E-state index in [9.17, 15) is 14.4 Å². The second-order valence-corrected chi connectivity index (χ2v) is 4.70. The molecule has 7 heteroatoms. The number of carbonyl (C=O) groups is 3. The third kappa shape index (κ3) is 7.28. The first-order valence-corrected chi connectivity index (χ1v) is 6.17. The van der Waals surface area contributed by atoms with Gasteiger partial charge >= 0.3 is 6.09 Å². The summed E-state index contributed by atoms with van der Waals surface area (Å²) in [4.78, 5) is 33.9. The first kappa shape index (κ1) is 17.2. The van der Waals surface area contributed by atoms with Crippen LogP contribution in [-0.4, -0.2) is 43.6 Å². The van der Waals surface area contributed by atoms with Crippen LogP contribution in [0.5, 0.6) is 0 Å². The summed E-state index contributed by atoms with van der Waals surface area (Å²) in [5.41, 5.74) is 0. The van der Waals surface area contributed by atoms with Gasteiger partial charge in [-0.05, 0) is 12.8 Å². The molecule has 110 valence electrons. The fourth-order valence-corrected chi connectivity index (χ4v) is 1.40. The number of hydrogen-bond donors (Lipinski definition) is 3. The Balaban J connectivity index is 4.39. The number of hydrogen-bond acceptors (Lipinski definition) is 4. The Bertz CT molecular complexity index is 331. The van der Waals surface area contributed by atoms with E-state index >= 15 is 0 Å². The molecule has 0 unspecified atom stereocenters. The Hall–Kier alpha value is -1.79. The molecule has 0 fully saturated rings. The van der Waals surface area contributed by atoms with Gasteiger partial charge in [-0.25, -0.2) is 4.79 Å². The normalized spacial score (nSPS) is 13.4. The van der Waals surface area contributed by atoms with Gasteiger partial charge in [0.2, 0.25) is 11.8 Å². The van der Waals surface area contributed by atoms with E-state index in [0.717, 1.165) is 0 Å². The smallest absolute Gasteiger partial charge is 0.407 e. The molecule has 0 saturated carbocycles. The third-order valence-electron chi connectivity index (χ3n) is 2.45. The molecule has 3 N–H and O–H groups in total. The van der Waals surface area contributed by atoms with E-state index in [4.69, 9.17) is 0 Å². The fraction of sp³-hybridized carbons (Fsp3) is 0.750. The zero-order valence-electron chi connectivity index (χ0n) is 12.1. The summed E-state index contributed by atoms with van der Waals surface area (Å²) in [5.74, 6) is -0.542. The fourth-order valence-electron chi connectivity index (χ4n) is 1.40. The van der Waals surface area contributed by atoms with Crippen molar-refractivity contribution in [2.45, 2.75) is 39.8 Å². The number of carbonyl (C=O) groups excluding carboxylic acids is 3. The summed E-state index contributed by atoms with van der Waals surface area (Å²) in [6.07, 6.45) is -0.650. The molecule has 3 amide bonds. The van der Waals surface area contributed by atoms with Crippen LogP contribution < -0.4 is 16.0 Å². The van der Waals surface area contributed by atoms with Crippen LogP contribution in [0.25, 0.3) is 0 Å². The van der Waals surface area contributed by atoms with Crippen molar-refractivity contribution in [2.75, 3.05) is 13.7 Å². The molecule has 0 aromatic carbocycles. The highest BCUT2D eigenvalue weighted by Gasteiger charge is 2.25. The Morgan fingerprint density at radius 1 is 1.11 bits per heavy atom. The summed E-state index contributed by atoms with van der Waals surface area (Å²) >= 11 is 0. The molecule has 0 aliphatic rings. The number of methoxy groups -OCH3 is 1. The summed E-state index contributed by atoms with van der Waals surface area (Å²) in [7, 11) is 1.24. The minimum absolute atomic E-state index is 0.0768. The molecule has 0 rings (SSSR count). The van der Waals surface area contributed by atoms with Gasteiger partial charge in [0.15, 0.2) is 0 Å². The molecule has 0 aromatic rings. The van der Waals surface area contributed by atoms with Crippen LogP contribution in [0, 0.1) is 5.92 Å². The number of amides is 3. The van der Waals surface area contributed by atoms with Gasteiger partial charge < -0.3 is 20.7 Å². The van der Waals surface area contributed by atoms with Crippen LogP contribution in [0.2, 0.25) is 0 Å². The van der Waals surface area contributed by atoms with Gasteiger partial charge in [0.1, 0.15) is 6.04 Å². The Labute approximate surface area is 113 Å². The average Bonchev–Trinajstić information content (AvgIpc) is 2.32. The molecule has 0 bridgehead atoms. The Kier molecular flexibility index (Phi) is 7.55. The van der Waals surface area contributed by atoms with Crippen molar-refractivity contribution in [1.82, 2.24) is 16.0 Å². The summed E-state index contributed by atoms with van der Waals surface area (Å²) in [5, 5.41) is 7.80. The predicted octanol–water partition coefficient (Wildman–Crippen LogP) is 0.00780. The van der Waals surface area contributed by atoms with E-state index in [0.29, 0.717) is 6.54 Å². The van der Waals surface area contributed by atoms with E-state index in [-0.39, 0.29) is 23.8 Å². The molecule has 0 radical (unpaired) electrons. The van der Waals surface area contributed by atoms with Gasteiger partial charge in [-0.1, -0.05) is 13.8 Å². The molecule has 19 heavy (non-hydrogen) atoms. The lowest BCUT2D eigenvalue weighted by Crippen LogP contribution is -2.53. The monoisotopic (exact) mass is 273 g/mol. The average molecular weight is 273 g/mol. The summed E-state index contributed by atoms with van der Waals surface area (Å²) < 4.78 is 4.48. The van der Waals surface area contributed by atoms with Crippen LogP contribution in [0.15, 0.2) is 0 Å². The molecule has 0 heterocycles. The van der Waals surface area contributed by atoms with Gasteiger partial charge in [-0.3, -0.25) is 9.59 Å². The molecule has 0 saturated heterocycles. The summed E-state index contributed by atoms with van der Waals surface area (Å²) in [6, 6.07) is -0.899. The maximum absolute atomic E-state index is 12.0. The second-order valence-electron chi connectivity index (χ2n) is 4.70. The topological polar surface area (TPSA) is 96.5 Å². The molecule has 0 spiro atoms. The first-order chi connectivity index (χ1) is 8.77. The van der Waals surface area contributed by atoms with Crippen LogP contribution in [0.3, 0.4) is 0 Å². The van der Waals surface area contributed by atoms with Crippen LogP contribution in [0.1, 0.15) is 27.7 Å². The lowest BCUT2D eigenvalue weighted by atomic mass is 10.0. The lowest BCUT2D eigenvalue weighted by molar-refractivity contribution is -0.125. The standard InChI is InChI=1S/C12H23N3O4/c1-7(2)10(15-12(18)19-5)11(17)14-8(3)6-13-9(4)16/h7-8,10H,6H2,1-5H3,(H,13,16)(H,14,17)(H,15,18)/t8-,10-/m0/s1. The highest BCUT2D eigenvalue weighted by atomic mass is 16.5. The quantitative estimate of drug-likeness (QED) is 0.635. The van der Waals surface area contributed by atoms with E-state index in [1.54, 1.807) is 6.92 Å². The molecule has 0 aliphatic carbocycles. The number of alkyl carbamates (subject to hydrolysis) is 1. The van der Waals surface area contributed by atoms with Crippen LogP contribution in [0.4, 0.5) is 4.79 Å². The number of rotatable bonds is 6. The second kappa shape index (κ2) is 8.34. The molecular weight excluding hydrogens is 250 g/mol. The minimum Gasteiger partial charge on any atom is -0.453 e. The van der Waals surface area contributed by atoms with Crippen molar-refractivity contribution in [2.24, 2.45) is 5.92 Å². The van der Waals surface area contributed by atoms with E-state index in [1.807, 2.05) is 13.8 Å². The van der Waals surface area contributed by atoms with E-state index in [2.05, 4.69) is 20.7 Å². The summed E-state index contributed by atoms with van der Waals surface area (Å²) in [6.45, 7) is 7.15. The lowest BCUT2D eigenvalue weighted by Gasteiger charge is -2.23. The zero-order chi connectivity index (χ0) is 15.0. The van der Waals surface area contributed by atoms with Crippen molar-refractivity contribution in [3.05, 3.63) is 0 Å². The van der Waals surface area contributed by atoms with Crippen molar-refractivity contribution in [3.63, 3.8) is 0 Å². The minimum atomic E-state index is -0.674. The molecule has 0 aromatic heterocycles. The molecule has 0 aliphatic heterocycles. The third-order valence-corrected chi connectivity index (χ3v) is 2.45. The number of ether oxygens (including phenoxy) is 1. The van der Waals surface area contributed by atoms with Crippen molar-refractivity contribution in [1.29, 1.82) is 0 Å². The Morgan fingerprint density at radius 2 is 1.68 bits per heavy atom. The van der Waals surface area contributed by atoms with Crippen molar-refractivity contribution in [3.8, 4) is 0 Å². The van der Waals surface area contributed by atoms with Gasteiger partial charge in [-0.15, -0.1) is 0 Å². The van der Waals surface area contributed by atoms with Crippen molar-refractivity contribution < 1.29 is 19.1 Å². The zero-order valence-corrected chi connectivity index (χ0v) is 12.1. The van der Waals surface area contributed by atoms with Gasteiger partial charge in [-0.2, -0.15) is 0 Å². The SMILES string of the molecule is COC(=O)N[C@H](C(=O)N[C@@H](C)CNC(C)=O)C(C)C. The number of nitrogens with one attached hydrogen (secondary N) is 3. The van der Waals surface area contributed by atoms with Crippen molar-refractivity contribution >= 4 is 17.9 Å². The largest absolute Gasteiger partial charge is 0.453 e. The maximum atomic E-state index is 12.0.